The van der Waals surface area contributed by atoms with Crippen LogP contribution in [0, 0.1) is 10.1 Å². The molecule has 13 heteroatoms. The zero-order valence-electron chi connectivity index (χ0n) is 24.0. The SMILES string of the molecule is COC(=O)C1=C(C)N=c2s/c(=C\c3cc(OC)c(OCc4ccccc4)cc3[N+](=O)[O-])c(=O)n2[C@H]1c1cc(Cl)ccc1OC. The quantitative estimate of drug-likeness (QED) is 0.149. The highest BCUT2D eigenvalue weighted by Crippen LogP contribution is 2.38. The van der Waals surface area contributed by atoms with Gasteiger partial charge in [-0.25, -0.2) is 9.79 Å². The van der Waals surface area contributed by atoms with Crippen molar-refractivity contribution in [1.82, 2.24) is 4.57 Å². The van der Waals surface area contributed by atoms with E-state index in [1.807, 2.05) is 30.3 Å². The predicted molar refractivity (Wildman–Crippen MR) is 164 cm³/mol. The molecule has 0 fully saturated rings. The van der Waals surface area contributed by atoms with E-state index in [0.29, 0.717) is 22.0 Å². The fraction of sp³-hybridized carbons (Fsp3) is 0.194. The van der Waals surface area contributed by atoms with Crippen LogP contribution in [-0.4, -0.2) is 36.8 Å². The van der Waals surface area contributed by atoms with E-state index in [1.165, 1.54) is 44.1 Å². The zero-order chi connectivity index (χ0) is 31.5. The number of aromatic nitrogens is 1. The summed E-state index contributed by atoms with van der Waals surface area (Å²) in [6.07, 6.45) is 1.40. The molecule has 1 aromatic heterocycles. The third kappa shape index (κ3) is 5.81. The summed E-state index contributed by atoms with van der Waals surface area (Å²) in [7, 11) is 4.12. The van der Waals surface area contributed by atoms with Crippen molar-refractivity contribution >= 4 is 40.7 Å². The van der Waals surface area contributed by atoms with Gasteiger partial charge in [-0.05, 0) is 42.8 Å². The highest BCUT2D eigenvalue weighted by atomic mass is 35.5. The third-order valence-electron chi connectivity index (χ3n) is 6.95. The maximum absolute atomic E-state index is 14.0. The molecular weight excluding hydrogens is 610 g/mol. The van der Waals surface area contributed by atoms with Crippen LogP contribution in [0.4, 0.5) is 5.69 Å². The summed E-state index contributed by atoms with van der Waals surface area (Å²) in [4.78, 5) is 43.4. The van der Waals surface area contributed by atoms with Gasteiger partial charge in [0.1, 0.15) is 18.4 Å². The number of nitrogens with zero attached hydrogens (tertiary/aromatic N) is 3. The molecule has 3 aromatic carbocycles. The number of hydrogen-bond acceptors (Lipinski definition) is 10. The Hall–Kier alpha value is -4.94. The summed E-state index contributed by atoms with van der Waals surface area (Å²) in [6.45, 7) is 1.80. The highest BCUT2D eigenvalue weighted by molar-refractivity contribution is 7.07. The summed E-state index contributed by atoms with van der Waals surface area (Å²) in [5.41, 5.74) is 1.06. The molecule has 0 unspecified atom stereocenters. The Morgan fingerprint density at radius 3 is 2.45 bits per heavy atom. The second kappa shape index (κ2) is 12.7. The van der Waals surface area contributed by atoms with Crippen LogP contribution >= 0.6 is 22.9 Å². The first-order valence-electron chi connectivity index (χ1n) is 13.1. The van der Waals surface area contributed by atoms with Crippen molar-refractivity contribution in [3.63, 3.8) is 0 Å². The minimum absolute atomic E-state index is 0.116. The van der Waals surface area contributed by atoms with E-state index in [4.69, 9.17) is 30.5 Å². The molecule has 1 atom stereocenters. The van der Waals surface area contributed by atoms with Crippen molar-refractivity contribution in [3.05, 3.63) is 123 Å². The summed E-state index contributed by atoms with van der Waals surface area (Å²) < 4.78 is 23.4. The van der Waals surface area contributed by atoms with Crippen molar-refractivity contribution in [2.24, 2.45) is 4.99 Å². The third-order valence-corrected chi connectivity index (χ3v) is 8.16. The lowest BCUT2D eigenvalue weighted by Crippen LogP contribution is -2.40. The first-order valence-corrected chi connectivity index (χ1v) is 14.3. The smallest absolute Gasteiger partial charge is 0.338 e. The van der Waals surface area contributed by atoms with E-state index in [9.17, 15) is 19.7 Å². The van der Waals surface area contributed by atoms with Crippen LogP contribution in [0.25, 0.3) is 6.08 Å². The number of thiazole rings is 1. The number of esters is 1. The Morgan fingerprint density at radius 1 is 1.07 bits per heavy atom. The molecule has 0 spiro atoms. The molecule has 0 bridgehead atoms. The zero-order valence-corrected chi connectivity index (χ0v) is 25.6. The van der Waals surface area contributed by atoms with Gasteiger partial charge in [0.05, 0.1) is 53.7 Å². The number of hydrogen-bond donors (Lipinski definition) is 0. The largest absolute Gasteiger partial charge is 0.496 e. The van der Waals surface area contributed by atoms with Crippen LogP contribution in [0.1, 0.15) is 29.7 Å². The number of ether oxygens (including phenoxy) is 4. The molecule has 0 radical (unpaired) electrons. The molecule has 1 aliphatic heterocycles. The predicted octanol–water partition coefficient (Wildman–Crippen LogP) is 4.57. The van der Waals surface area contributed by atoms with Gasteiger partial charge in [0, 0.05) is 10.6 Å². The molecule has 11 nitrogen and oxygen atoms in total. The number of methoxy groups -OCH3 is 3. The number of nitro groups is 1. The minimum Gasteiger partial charge on any atom is -0.496 e. The lowest BCUT2D eigenvalue weighted by molar-refractivity contribution is -0.385. The van der Waals surface area contributed by atoms with Gasteiger partial charge in [0.15, 0.2) is 16.3 Å². The van der Waals surface area contributed by atoms with Crippen LogP contribution < -0.4 is 29.1 Å². The van der Waals surface area contributed by atoms with Crippen molar-refractivity contribution in [2.45, 2.75) is 19.6 Å². The van der Waals surface area contributed by atoms with E-state index >= 15 is 0 Å². The normalized spacial score (nSPS) is 14.5. The molecule has 44 heavy (non-hydrogen) atoms. The Balaban J connectivity index is 1.68. The standard InChI is InChI=1S/C31H26ClN3O8S/c1-17-27(30(37)42-4)28(21-14-20(32)10-11-23(21)40-2)34-29(36)26(44-31(34)33-17)13-19-12-24(41-3)25(15-22(19)35(38)39)43-16-18-8-6-5-7-9-18/h5-15,28H,16H2,1-4H3/b26-13-/t28-/m0/s1. The van der Waals surface area contributed by atoms with E-state index in [2.05, 4.69) is 4.99 Å². The van der Waals surface area contributed by atoms with Crippen LogP contribution in [-0.2, 0) is 16.1 Å². The molecule has 4 aromatic rings. The molecule has 226 valence electrons. The minimum atomic E-state index is -0.993. The van der Waals surface area contributed by atoms with Crippen molar-refractivity contribution in [2.75, 3.05) is 21.3 Å². The summed E-state index contributed by atoms with van der Waals surface area (Å²) in [5.74, 6) is 0.125. The maximum atomic E-state index is 14.0. The van der Waals surface area contributed by atoms with Gasteiger partial charge < -0.3 is 18.9 Å². The van der Waals surface area contributed by atoms with E-state index < -0.39 is 22.5 Å². The van der Waals surface area contributed by atoms with Gasteiger partial charge in [0.25, 0.3) is 11.2 Å². The lowest BCUT2D eigenvalue weighted by atomic mass is 9.95. The van der Waals surface area contributed by atoms with Crippen LogP contribution in [0.15, 0.2) is 81.7 Å². The number of carbonyl (C=O) groups excluding carboxylic acids is 1. The van der Waals surface area contributed by atoms with Gasteiger partial charge in [-0.3, -0.25) is 19.5 Å². The van der Waals surface area contributed by atoms with Gasteiger partial charge in [0.2, 0.25) is 0 Å². The number of allylic oxidation sites excluding steroid dienone is 1. The van der Waals surface area contributed by atoms with Gasteiger partial charge >= 0.3 is 5.97 Å². The number of carbonyl (C=O) groups is 1. The average Bonchev–Trinajstić information content (AvgIpc) is 3.32. The number of fused-ring (bicyclic) bond motifs is 1. The molecule has 0 saturated heterocycles. The lowest BCUT2D eigenvalue weighted by Gasteiger charge is -2.25. The monoisotopic (exact) mass is 635 g/mol. The first-order chi connectivity index (χ1) is 21.2. The number of halogens is 1. The Morgan fingerprint density at radius 2 is 1.80 bits per heavy atom. The van der Waals surface area contributed by atoms with Gasteiger partial charge in [-0.15, -0.1) is 0 Å². The molecule has 1 aliphatic rings. The van der Waals surface area contributed by atoms with Crippen molar-refractivity contribution in [3.8, 4) is 17.2 Å². The van der Waals surface area contributed by atoms with E-state index in [-0.39, 0.29) is 44.3 Å². The molecule has 0 saturated carbocycles. The van der Waals surface area contributed by atoms with Crippen molar-refractivity contribution in [1.29, 1.82) is 0 Å². The highest BCUT2D eigenvalue weighted by Gasteiger charge is 2.35. The summed E-state index contributed by atoms with van der Waals surface area (Å²) in [5, 5.41) is 12.5. The maximum Gasteiger partial charge on any atom is 0.338 e. The molecule has 2 heterocycles. The molecule has 0 amide bonds. The fourth-order valence-electron chi connectivity index (χ4n) is 4.89. The van der Waals surface area contributed by atoms with E-state index in [0.717, 1.165) is 16.9 Å². The molecule has 0 aliphatic carbocycles. The van der Waals surface area contributed by atoms with Crippen molar-refractivity contribution < 1.29 is 28.7 Å². The summed E-state index contributed by atoms with van der Waals surface area (Å²) >= 11 is 7.34. The van der Waals surface area contributed by atoms with Gasteiger partial charge in [-0.2, -0.15) is 0 Å². The topological polar surface area (TPSA) is 131 Å². The van der Waals surface area contributed by atoms with E-state index in [1.54, 1.807) is 25.1 Å². The Kier molecular flexibility index (Phi) is 8.83. The molecular formula is C31H26ClN3O8S. The Bertz CT molecular complexity index is 1990. The number of nitro benzene ring substituents is 1. The summed E-state index contributed by atoms with van der Waals surface area (Å²) in [6, 6.07) is 15.9. The van der Waals surface area contributed by atoms with Gasteiger partial charge in [-0.1, -0.05) is 53.3 Å². The first kappa shape index (κ1) is 30.5. The average molecular weight is 636 g/mol. The molecule has 0 N–H and O–H groups in total. The molecule has 5 rings (SSSR count). The number of rotatable bonds is 9. The Labute approximate surface area is 260 Å². The fourth-order valence-corrected chi connectivity index (χ4v) is 6.11. The number of benzene rings is 3. The second-order valence-electron chi connectivity index (χ2n) is 9.55. The van der Waals surface area contributed by atoms with Crippen LogP contribution in [0.3, 0.4) is 0 Å². The second-order valence-corrected chi connectivity index (χ2v) is 11.0. The van der Waals surface area contributed by atoms with Crippen LogP contribution in [0.5, 0.6) is 17.2 Å². The van der Waals surface area contributed by atoms with Crippen LogP contribution in [0.2, 0.25) is 5.02 Å².